The van der Waals surface area contributed by atoms with Gasteiger partial charge in [-0.1, -0.05) is 11.6 Å². The fourth-order valence-corrected chi connectivity index (χ4v) is 5.26. The summed E-state index contributed by atoms with van der Waals surface area (Å²) in [6.07, 6.45) is -0.0486. The average Bonchev–Trinajstić information content (AvgIpc) is 3.49. The standard InChI is InChI=1S/C22H20ClF2N3O4/c23-12-6-15-21(28-22(27-15)32-17-8-31-19-16(29)7-30-20(17)19)26-14(12)4-10-2-1-9-3-11(24)5-13(25)18(9)10/h3,5-6,10,16-17,19-20,29H,1-2,4,7-8H2,(H,26,27,28)/t10-,16+,17+,19+,20+/m0/s1. The molecule has 1 aliphatic carbocycles. The van der Waals surface area contributed by atoms with Crippen LogP contribution in [0.3, 0.4) is 0 Å². The summed E-state index contributed by atoms with van der Waals surface area (Å²) in [6.45, 7) is 0.503. The third kappa shape index (κ3) is 3.35. The molecular weight excluding hydrogens is 444 g/mol. The zero-order chi connectivity index (χ0) is 22.0. The Morgan fingerprint density at radius 3 is 2.88 bits per heavy atom. The summed E-state index contributed by atoms with van der Waals surface area (Å²) in [7, 11) is 0. The zero-order valence-electron chi connectivity index (χ0n) is 16.9. The van der Waals surface area contributed by atoms with Crippen molar-refractivity contribution in [2.75, 3.05) is 13.2 Å². The largest absolute Gasteiger partial charge is 0.456 e. The van der Waals surface area contributed by atoms with E-state index < -0.39 is 29.9 Å². The maximum Gasteiger partial charge on any atom is 0.296 e. The summed E-state index contributed by atoms with van der Waals surface area (Å²) in [6, 6.07) is 4.31. The van der Waals surface area contributed by atoms with Crippen LogP contribution in [0.2, 0.25) is 5.02 Å². The number of pyridine rings is 1. The molecule has 0 spiro atoms. The van der Waals surface area contributed by atoms with Gasteiger partial charge in [0.25, 0.3) is 6.01 Å². The van der Waals surface area contributed by atoms with Gasteiger partial charge in [-0.3, -0.25) is 0 Å². The number of imidazole rings is 1. The van der Waals surface area contributed by atoms with Crippen molar-refractivity contribution in [3.8, 4) is 6.01 Å². The number of aromatic nitrogens is 3. The monoisotopic (exact) mass is 463 g/mol. The Balaban J connectivity index is 1.23. The molecule has 0 unspecified atom stereocenters. The summed E-state index contributed by atoms with van der Waals surface area (Å²) in [5, 5.41) is 10.3. The molecule has 2 aromatic heterocycles. The van der Waals surface area contributed by atoms with Gasteiger partial charge in [-0.25, -0.2) is 13.8 Å². The molecule has 2 N–H and O–H groups in total. The molecule has 4 heterocycles. The summed E-state index contributed by atoms with van der Waals surface area (Å²) < 4.78 is 45.0. The van der Waals surface area contributed by atoms with Gasteiger partial charge in [0, 0.05) is 6.07 Å². The van der Waals surface area contributed by atoms with Crippen LogP contribution in [0.15, 0.2) is 18.2 Å². The second-order valence-electron chi connectivity index (χ2n) is 8.55. The molecule has 2 saturated heterocycles. The summed E-state index contributed by atoms with van der Waals surface area (Å²) >= 11 is 6.47. The van der Waals surface area contributed by atoms with E-state index in [0.29, 0.717) is 52.3 Å². The Hall–Kier alpha value is -2.33. The Labute approximate surface area is 186 Å². The Bertz CT molecular complexity index is 1210. The van der Waals surface area contributed by atoms with E-state index in [9.17, 15) is 13.9 Å². The maximum atomic E-state index is 14.4. The van der Waals surface area contributed by atoms with Crippen LogP contribution in [0.5, 0.6) is 6.01 Å². The molecular formula is C22H20ClF2N3O4. The zero-order valence-corrected chi connectivity index (χ0v) is 17.6. The van der Waals surface area contributed by atoms with Crippen LogP contribution in [-0.4, -0.2) is 57.7 Å². The fraction of sp³-hybridized carbons (Fsp3) is 0.455. The number of nitrogens with one attached hydrogen (secondary N) is 1. The van der Waals surface area contributed by atoms with E-state index >= 15 is 0 Å². The molecule has 0 amide bonds. The van der Waals surface area contributed by atoms with Gasteiger partial charge in [0.2, 0.25) is 0 Å². The Morgan fingerprint density at radius 2 is 2.00 bits per heavy atom. The van der Waals surface area contributed by atoms with Gasteiger partial charge < -0.3 is 24.3 Å². The number of rotatable bonds is 4. The second kappa shape index (κ2) is 7.62. The first-order valence-corrected chi connectivity index (χ1v) is 10.9. The number of nitrogens with zero attached hydrogens (tertiary/aromatic N) is 2. The van der Waals surface area contributed by atoms with Crippen molar-refractivity contribution >= 4 is 22.8 Å². The third-order valence-corrected chi connectivity index (χ3v) is 6.84. The topological polar surface area (TPSA) is 89.5 Å². The molecule has 32 heavy (non-hydrogen) atoms. The lowest BCUT2D eigenvalue weighted by Gasteiger charge is -2.15. The van der Waals surface area contributed by atoms with E-state index in [1.165, 1.54) is 6.07 Å². The Kier molecular flexibility index (Phi) is 4.83. The number of aryl methyl sites for hydroxylation is 1. The van der Waals surface area contributed by atoms with Crippen LogP contribution >= 0.6 is 11.6 Å². The molecule has 6 rings (SSSR count). The van der Waals surface area contributed by atoms with Crippen molar-refractivity contribution in [3.63, 3.8) is 0 Å². The minimum absolute atomic E-state index is 0.124. The highest BCUT2D eigenvalue weighted by molar-refractivity contribution is 6.31. The highest BCUT2D eigenvalue weighted by Crippen LogP contribution is 2.39. The third-order valence-electron chi connectivity index (χ3n) is 6.51. The highest BCUT2D eigenvalue weighted by atomic mass is 35.5. The van der Waals surface area contributed by atoms with Crippen LogP contribution in [0.4, 0.5) is 8.78 Å². The van der Waals surface area contributed by atoms with Crippen molar-refractivity contribution in [3.05, 3.63) is 51.7 Å². The first-order chi connectivity index (χ1) is 15.5. The SMILES string of the molecule is O[C@@H]1CO[C@H]2[C@@H]1OC[C@H]2Oc1nc2nc(C[C@@H]3CCc4cc(F)cc(F)c43)c(Cl)cc2[nH]1. The molecule has 2 fully saturated rings. The van der Waals surface area contributed by atoms with E-state index in [4.69, 9.17) is 25.8 Å². The molecule has 3 aliphatic rings. The fourth-order valence-electron chi connectivity index (χ4n) is 5.03. The maximum absolute atomic E-state index is 14.4. The molecule has 1 aromatic carbocycles. The van der Waals surface area contributed by atoms with Crippen LogP contribution in [0.25, 0.3) is 11.2 Å². The number of ether oxygens (including phenoxy) is 3. The number of aliphatic hydroxyl groups excluding tert-OH is 1. The minimum Gasteiger partial charge on any atom is -0.456 e. The summed E-state index contributed by atoms with van der Waals surface area (Å²) in [4.78, 5) is 12.0. The van der Waals surface area contributed by atoms with Crippen LogP contribution in [0.1, 0.15) is 29.2 Å². The number of benzene rings is 1. The Morgan fingerprint density at radius 1 is 1.16 bits per heavy atom. The van der Waals surface area contributed by atoms with Crippen molar-refractivity contribution in [1.82, 2.24) is 15.0 Å². The number of H-pyrrole nitrogens is 1. The van der Waals surface area contributed by atoms with Gasteiger partial charge in [-0.05, 0) is 48.4 Å². The molecule has 0 radical (unpaired) electrons. The van der Waals surface area contributed by atoms with Crippen molar-refractivity contribution < 1.29 is 28.1 Å². The lowest BCUT2D eigenvalue weighted by molar-refractivity contribution is 0.00706. The van der Waals surface area contributed by atoms with Gasteiger partial charge in [-0.15, -0.1) is 0 Å². The van der Waals surface area contributed by atoms with E-state index in [-0.39, 0.29) is 31.2 Å². The van der Waals surface area contributed by atoms with Gasteiger partial charge in [0.05, 0.1) is 29.4 Å². The first kappa shape index (κ1) is 20.3. The minimum atomic E-state index is -0.658. The van der Waals surface area contributed by atoms with Crippen molar-refractivity contribution in [1.29, 1.82) is 0 Å². The molecule has 7 nitrogen and oxygen atoms in total. The van der Waals surface area contributed by atoms with Crippen LogP contribution in [-0.2, 0) is 22.3 Å². The molecule has 10 heteroatoms. The predicted molar refractivity (Wildman–Crippen MR) is 110 cm³/mol. The van der Waals surface area contributed by atoms with Gasteiger partial charge in [0.15, 0.2) is 11.8 Å². The van der Waals surface area contributed by atoms with Gasteiger partial charge >= 0.3 is 0 Å². The van der Waals surface area contributed by atoms with Crippen molar-refractivity contribution in [2.24, 2.45) is 0 Å². The normalized spacial score (nSPS) is 28.9. The number of hydrogen-bond donors (Lipinski definition) is 2. The van der Waals surface area contributed by atoms with Crippen molar-refractivity contribution in [2.45, 2.75) is 49.6 Å². The van der Waals surface area contributed by atoms with E-state index in [1.807, 2.05) is 0 Å². The molecule has 3 aromatic rings. The average molecular weight is 464 g/mol. The first-order valence-electron chi connectivity index (χ1n) is 10.6. The number of halogens is 3. The quantitative estimate of drug-likeness (QED) is 0.618. The molecule has 168 valence electrons. The molecule has 2 aliphatic heterocycles. The van der Waals surface area contributed by atoms with Gasteiger partial charge in [0.1, 0.15) is 29.9 Å². The van der Waals surface area contributed by atoms with Gasteiger partial charge in [-0.2, -0.15) is 4.98 Å². The lowest BCUT2D eigenvalue weighted by atomic mass is 9.95. The molecule has 0 bridgehead atoms. The predicted octanol–water partition coefficient (Wildman–Crippen LogP) is 3.07. The smallest absolute Gasteiger partial charge is 0.296 e. The van der Waals surface area contributed by atoms with E-state index in [0.717, 1.165) is 6.07 Å². The number of fused-ring (bicyclic) bond motifs is 3. The molecule has 5 atom stereocenters. The number of hydrogen-bond acceptors (Lipinski definition) is 6. The van der Waals surface area contributed by atoms with Crippen LogP contribution in [0, 0.1) is 11.6 Å². The second-order valence-corrected chi connectivity index (χ2v) is 8.96. The molecule has 0 saturated carbocycles. The van der Waals surface area contributed by atoms with Crippen LogP contribution < -0.4 is 4.74 Å². The summed E-state index contributed by atoms with van der Waals surface area (Å²) in [5.41, 5.74) is 2.89. The number of aromatic amines is 1. The summed E-state index contributed by atoms with van der Waals surface area (Å²) in [5.74, 6) is -1.20. The highest BCUT2D eigenvalue weighted by Gasteiger charge is 2.48. The lowest BCUT2D eigenvalue weighted by Crippen LogP contribution is -2.34. The van der Waals surface area contributed by atoms with E-state index in [1.54, 1.807) is 6.07 Å². The number of aliphatic hydroxyl groups is 1. The van der Waals surface area contributed by atoms with E-state index in [2.05, 4.69) is 15.0 Å².